The van der Waals surface area contributed by atoms with Crippen molar-refractivity contribution in [3.8, 4) is 0 Å². The quantitative estimate of drug-likeness (QED) is 0.801. The van der Waals surface area contributed by atoms with Gasteiger partial charge in [0.25, 0.3) is 0 Å². The molecule has 1 unspecified atom stereocenters. The van der Waals surface area contributed by atoms with E-state index in [-0.39, 0.29) is 17.5 Å². The summed E-state index contributed by atoms with van der Waals surface area (Å²) in [4.78, 5) is 0. The largest absolute Gasteiger partial charge is 0.309 e. The third kappa shape index (κ3) is 5.63. The predicted molar refractivity (Wildman–Crippen MR) is 85.9 cm³/mol. The Hall–Kier alpha value is -0.870. The van der Waals surface area contributed by atoms with Gasteiger partial charge < -0.3 is 5.32 Å². The van der Waals surface area contributed by atoms with E-state index in [0.717, 1.165) is 18.5 Å². The van der Waals surface area contributed by atoms with Crippen molar-refractivity contribution in [2.24, 2.45) is 0 Å². The first-order valence-corrected chi connectivity index (χ1v) is 9.22. The van der Waals surface area contributed by atoms with Crippen LogP contribution in [0.1, 0.15) is 49.4 Å². The van der Waals surface area contributed by atoms with E-state index in [0.29, 0.717) is 6.42 Å². The van der Waals surface area contributed by atoms with Crippen molar-refractivity contribution in [1.29, 1.82) is 0 Å². The first-order chi connectivity index (χ1) is 9.38. The Bertz CT molecular complexity index is 503. The molecule has 0 aliphatic carbocycles. The molecule has 114 valence electrons. The molecule has 0 aliphatic rings. The normalized spacial score (nSPS) is 13.4. The molecule has 0 radical (unpaired) electrons. The Morgan fingerprint density at radius 2 is 1.65 bits per heavy atom. The third-order valence-corrected chi connectivity index (χ3v) is 5.09. The van der Waals surface area contributed by atoms with Gasteiger partial charge in [-0.25, -0.2) is 8.42 Å². The fourth-order valence-electron chi connectivity index (χ4n) is 2.45. The number of nitrogens with one attached hydrogen (secondary N) is 1. The second-order valence-electron chi connectivity index (χ2n) is 5.54. The minimum Gasteiger partial charge on any atom is -0.309 e. The molecule has 0 spiro atoms. The molecule has 1 rings (SSSR count). The summed E-state index contributed by atoms with van der Waals surface area (Å²) in [5.41, 5.74) is 3.43. The molecule has 1 aromatic carbocycles. The van der Waals surface area contributed by atoms with E-state index >= 15 is 0 Å². The molecule has 0 aliphatic heterocycles. The van der Waals surface area contributed by atoms with Gasteiger partial charge in [-0.1, -0.05) is 43.2 Å². The first-order valence-electron chi connectivity index (χ1n) is 7.40. The molecule has 0 saturated carbocycles. The SMILES string of the molecule is CCCNC(CS(=O)(=O)CCC)c1cc(C)cc(C)c1. The van der Waals surface area contributed by atoms with Crippen molar-refractivity contribution < 1.29 is 8.42 Å². The van der Waals surface area contributed by atoms with E-state index < -0.39 is 9.84 Å². The van der Waals surface area contributed by atoms with Gasteiger partial charge >= 0.3 is 0 Å². The standard InChI is InChI=1S/C16H27NO2S/c1-5-7-17-16(12-20(18,19)8-6-2)15-10-13(3)9-14(4)11-15/h9-11,16-17H,5-8,12H2,1-4H3. The zero-order chi connectivity index (χ0) is 15.2. The molecule has 20 heavy (non-hydrogen) atoms. The average Bonchev–Trinajstić information content (AvgIpc) is 2.33. The van der Waals surface area contributed by atoms with Crippen molar-refractivity contribution in [3.05, 3.63) is 34.9 Å². The van der Waals surface area contributed by atoms with Crippen molar-refractivity contribution in [2.75, 3.05) is 18.1 Å². The van der Waals surface area contributed by atoms with Crippen molar-refractivity contribution in [3.63, 3.8) is 0 Å². The van der Waals surface area contributed by atoms with Crippen LogP contribution in [0.25, 0.3) is 0 Å². The summed E-state index contributed by atoms with van der Waals surface area (Å²) in [6.45, 7) is 8.93. The van der Waals surface area contributed by atoms with E-state index in [1.807, 2.05) is 20.8 Å². The van der Waals surface area contributed by atoms with Crippen LogP contribution < -0.4 is 5.32 Å². The maximum absolute atomic E-state index is 12.1. The highest BCUT2D eigenvalue weighted by Crippen LogP contribution is 2.19. The molecule has 0 amide bonds. The number of hydrogen-bond donors (Lipinski definition) is 1. The Labute approximate surface area is 123 Å². The molecule has 0 saturated heterocycles. The van der Waals surface area contributed by atoms with Crippen LogP contribution in [0.3, 0.4) is 0 Å². The summed E-state index contributed by atoms with van der Waals surface area (Å²) in [6, 6.07) is 6.18. The zero-order valence-corrected chi connectivity index (χ0v) is 13.9. The fourth-order valence-corrected chi connectivity index (χ4v) is 4.06. The number of hydrogen-bond acceptors (Lipinski definition) is 3. The van der Waals surface area contributed by atoms with E-state index in [1.165, 1.54) is 11.1 Å². The number of sulfone groups is 1. The summed E-state index contributed by atoms with van der Waals surface area (Å²) in [5.74, 6) is 0.450. The van der Waals surface area contributed by atoms with Gasteiger partial charge in [-0.05, 0) is 38.8 Å². The molecular weight excluding hydrogens is 270 g/mol. The monoisotopic (exact) mass is 297 g/mol. The van der Waals surface area contributed by atoms with Gasteiger partial charge in [-0.2, -0.15) is 0 Å². The topological polar surface area (TPSA) is 46.2 Å². The van der Waals surface area contributed by atoms with Crippen LogP contribution in [0, 0.1) is 13.8 Å². The Balaban J connectivity index is 2.99. The molecule has 4 heteroatoms. The van der Waals surface area contributed by atoms with Crippen molar-refractivity contribution >= 4 is 9.84 Å². The van der Waals surface area contributed by atoms with E-state index in [9.17, 15) is 8.42 Å². The lowest BCUT2D eigenvalue weighted by atomic mass is 10.0. The van der Waals surface area contributed by atoms with Crippen molar-refractivity contribution in [2.45, 2.75) is 46.6 Å². The summed E-state index contributed by atoms with van der Waals surface area (Å²) in [5, 5.41) is 3.38. The van der Waals surface area contributed by atoms with E-state index in [2.05, 4.69) is 30.4 Å². The lowest BCUT2D eigenvalue weighted by Gasteiger charge is -2.20. The Morgan fingerprint density at radius 3 is 2.15 bits per heavy atom. The molecule has 1 N–H and O–H groups in total. The minimum absolute atomic E-state index is 0.106. The Kier molecular flexibility index (Phi) is 6.69. The van der Waals surface area contributed by atoms with Gasteiger partial charge in [0.2, 0.25) is 0 Å². The maximum Gasteiger partial charge on any atom is 0.152 e. The van der Waals surface area contributed by atoms with Crippen LogP contribution in [0.15, 0.2) is 18.2 Å². The first kappa shape index (κ1) is 17.2. The molecule has 0 fully saturated rings. The van der Waals surface area contributed by atoms with Gasteiger partial charge in [0.05, 0.1) is 5.75 Å². The van der Waals surface area contributed by atoms with Gasteiger partial charge in [-0.15, -0.1) is 0 Å². The molecule has 1 atom stereocenters. The highest BCUT2D eigenvalue weighted by Gasteiger charge is 2.20. The van der Waals surface area contributed by atoms with Crippen LogP contribution >= 0.6 is 0 Å². The average molecular weight is 297 g/mol. The summed E-state index contributed by atoms with van der Waals surface area (Å²) in [7, 11) is -3.00. The lowest BCUT2D eigenvalue weighted by molar-refractivity contribution is 0.545. The van der Waals surface area contributed by atoms with Crippen LogP contribution in [-0.2, 0) is 9.84 Å². The van der Waals surface area contributed by atoms with Gasteiger partial charge in [0, 0.05) is 11.8 Å². The predicted octanol–water partition coefficient (Wildman–Crippen LogP) is 3.17. The maximum atomic E-state index is 12.1. The minimum atomic E-state index is -3.00. The zero-order valence-electron chi connectivity index (χ0n) is 13.1. The van der Waals surface area contributed by atoms with Crippen LogP contribution in [0.4, 0.5) is 0 Å². The van der Waals surface area contributed by atoms with Crippen molar-refractivity contribution in [1.82, 2.24) is 5.32 Å². The lowest BCUT2D eigenvalue weighted by Crippen LogP contribution is -2.30. The second kappa shape index (κ2) is 7.79. The van der Waals surface area contributed by atoms with Gasteiger partial charge in [0.15, 0.2) is 9.84 Å². The Morgan fingerprint density at radius 1 is 1.05 bits per heavy atom. The molecule has 0 bridgehead atoms. The number of rotatable bonds is 8. The molecular formula is C16H27NO2S. The highest BCUT2D eigenvalue weighted by atomic mass is 32.2. The van der Waals surface area contributed by atoms with Crippen LogP contribution in [0.5, 0.6) is 0 Å². The third-order valence-electron chi connectivity index (χ3n) is 3.22. The summed E-state index contributed by atoms with van der Waals surface area (Å²) < 4.78 is 24.2. The van der Waals surface area contributed by atoms with E-state index in [4.69, 9.17) is 0 Å². The van der Waals surface area contributed by atoms with Crippen LogP contribution in [0.2, 0.25) is 0 Å². The second-order valence-corrected chi connectivity index (χ2v) is 7.77. The number of aryl methyl sites for hydroxylation is 2. The van der Waals surface area contributed by atoms with Gasteiger partial charge in [-0.3, -0.25) is 0 Å². The van der Waals surface area contributed by atoms with E-state index in [1.54, 1.807) is 0 Å². The highest BCUT2D eigenvalue weighted by molar-refractivity contribution is 7.91. The van der Waals surface area contributed by atoms with Crippen LogP contribution in [-0.4, -0.2) is 26.5 Å². The summed E-state index contributed by atoms with van der Waals surface area (Å²) >= 11 is 0. The summed E-state index contributed by atoms with van der Waals surface area (Å²) in [6.07, 6.45) is 1.67. The smallest absolute Gasteiger partial charge is 0.152 e. The molecule has 0 heterocycles. The molecule has 1 aromatic rings. The van der Waals surface area contributed by atoms with Gasteiger partial charge in [0.1, 0.15) is 0 Å². The molecule has 3 nitrogen and oxygen atoms in total. The number of benzene rings is 1. The fraction of sp³-hybridized carbons (Fsp3) is 0.625. The molecule has 0 aromatic heterocycles.